The number of hydrogen-bond acceptors (Lipinski definition) is 8. The van der Waals surface area contributed by atoms with Crippen LogP contribution in [0.5, 0.6) is 11.5 Å². The lowest BCUT2D eigenvalue weighted by Crippen LogP contribution is -2.37. The standard InChI is InChI=1S/C15H21N3O6/c1-15(14(20)21)9-17-13(18-15)12-11(19)7-10(8-16-12)24-6-5-23-4-3-22-2/h7-8,19H,3-6,9H2,1-2H3,(H,17,18)(H,20,21). The molecule has 0 spiro atoms. The molecule has 9 heteroatoms. The summed E-state index contributed by atoms with van der Waals surface area (Å²) in [5.41, 5.74) is -1.08. The van der Waals surface area contributed by atoms with E-state index in [1.807, 2.05) is 0 Å². The van der Waals surface area contributed by atoms with E-state index in [1.165, 1.54) is 19.2 Å². The molecule has 1 aliphatic heterocycles. The molecule has 0 aromatic carbocycles. The molecule has 1 aromatic rings. The minimum atomic E-state index is -1.27. The van der Waals surface area contributed by atoms with Crippen molar-refractivity contribution >= 4 is 11.8 Å². The summed E-state index contributed by atoms with van der Waals surface area (Å²) < 4.78 is 15.5. The predicted octanol–water partition coefficient (Wildman–Crippen LogP) is 0.0221. The highest BCUT2D eigenvalue weighted by molar-refractivity contribution is 6.03. The van der Waals surface area contributed by atoms with Gasteiger partial charge in [0.05, 0.1) is 32.6 Å². The highest BCUT2D eigenvalue weighted by Crippen LogP contribution is 2.24. The molecule has 0 fully saturated rings. The number of hydrogen-bond donors (Lipinski definition) is 3. The molecule has 0 saturated heterocycles. The van der Waals surface area contributed by atoms with Crippen molar-refractivity contribution in [3.63, 3.8) is 0 Å². The summed E-state index contributed by atoms with van der Waals surface area (Å²) >= 11 is 0. The van der Waals surface area contributed by atoms with Crippen molar-refractivity contribution in [3.8, 4) is 11.5 Å². The Morgan fingerprint density at radius 3 is 2.75 bits per heavy atom. The van der Waals surface area contributed by atoms with Gasteiger partial charge in [0, 0.05) is 13.2 Å². The maximum Gasteiger partial charge on any atom is 0.333 e. The lowest BCUT2D eigenvalue weighted by atomic mass is 10.1. The van der Waals surface area contributed by atoms with Crippen molar-refractivity contribution in [2.24, 2.45) is 4.99 Å². The summed E-state index contributed by atoms with van der Waals surface area (Å²) in [6, 6.07) is 1.40. The second kappa shape index (κ2) is 7.93. The summed E-state index contributed by atoms with van der Waals surface area (Å²) in [6.07, 6.45) is 1.44. The van der Waals surface area contributed by atoms with Crippen LogP contribution < -0.4 is 10.1 Å². The minimum Gasteiger partial charge on any atom is -0.505 e. The summed E-state index contributed by atoms with van der Waals surface area (Å²) in [5, 5.41) is 22.1. The normalized spacial score (nSPS) is 19.7. The molecule has 132 valence electrons. The van der Waals surface area contributed by atoms with Crippen LogP contribution >= 0.6 is 0 Å². The van der Waals surface area contributed by atoms with Crippen LogP contribution in [0.2, 0.25) is 0 Å². The zero-order valence-electron chi connectivity index (χ0n) is 13.6. The molecule has 0 aliphatic carbocycles. The molecular weight excluding hydrogens is 318 g/mol. The zero-order valence-corrected chi connectivity index (χ0v) is 13.6. The summed E-state index contributed by atoms with van der Waals surface area (Å²) in [5.74, 6) is -0.565. The molecular formula is C15H21N3O6. The number of rotatable bonds is 9. The van der Waals surface area contributed by atoms with Crippen LogP contribution in [0.3, 0.4) is 0 Å². The lowest BCUT2D eigenvalue weighted by Gasteiger charge is -2.11. The Kier molecular flexibility index (Phi) is 5.93. The first-order chi connectivity index (χ1) is 11.5. The fourth-order valence-electron chi connectivity index (χ4n) is 2.00. The largest absolute Gasteiger partial charge is 0.505 e. The van der Waals surface area contributed by atoms with Crippen LogP contribution in [0.15, 0.2) is 17.3 Å². The van der Waals surface area contributed by atoms with E-state index in [1.54, 1.807) is 7.11 Å². The van der Waals surface area contributed by atoms with Crippen LogP contribution in [0.1, 0.15) is 12.6 Å². The number of ether oxygens (including phenoxy) is 3. The highest BCUT2D eigenvalue weighted by Gasteiger charge is 2.38. The number of nitrogens with zero attached hydrogens (tertiary/aromatic N) is 2. The molecule has 2 heterocycles. The smallest absolute Gasteiger partial charge is 0.333 e. The number of carbonyl (C=O) groups is 1. The van der Waals surface area contributed by atoms with Gasteiger partial charge in [-0.25, -0.2) is 14.8 Å². The van der Waals surface area contributed by atoms with Crippen LogP contribution in [-0.2, 0) is 14.3 Å². The molecule has 1 aliphatic rings. The van der Waals surface area contributed by atoms with Gasteiger partial charge in [0.1, 0.15) is 23.8 Å². The summed E-state index contributed by atoms with van der Waals surface area (Å²) in [4.78, 5) is 19.4. The SMILES string of the molecule is COCCOCCOc1cnc(C2=NC(C)(C(=O)O)CN2)c(O)c1. The van der Waals surface area contributed by atoms with E-state index in [0.29, 0.717) is 32.2 Å². The molecule has 0 saturated carbocycles. The van der Waals surface area contributed by atoms with E-state index in [-0.39, 0.29) is 23.8 Å². The Morgan fingerprint density at radius 1 is 1.38 bits per heavy atom. The zero-order chi connectivity index (χ0) is 17.6. The van der Waals surface area contributed by atoms with Gasteiger partial charge in [0.2, 0.25) is 0 Å². The molecule has 1 aromatic heterocycles. The van der Waals surface area contributed by atoms with Crippen molar-refractivity contribution in [1.82, 2.24) is 10.3 Å². The molecule has 24 heavy (non-hydrogen) atoms. The third-order valence-corrected chi connectivity index (χ3v) is 3.41. The van der Waals surface area contributed by atoms with Gasteiger partial charge in [-0.15, -0.1) is 0 Å². The highest BCUT2D eigenvalue weighted by atomic mass is 16.5. The third-order valence-electron chi connectivity index (χ3n) is 3.41. The van der Waals surface area contributed by atoms with Crippen molar-refractivity contribution < 1.29 is 29.2 Å². The van der Waals surface area contributed by atoms with E-state index in [9.17, 15) is 9.90 Å². The van der Waals surface area contributed by atoms with E-state index >= 15 is 0 Å². The van der Waals surface area contributed by atoms with Crippen LogP contribution in [0.4, 0.5) is 0 Å². The number of pyridine rings is 1. The minimum absolute atomic E-state index is 0.135. The van der Waals surface area contributed by atoms with E-state index in [4.69, 9.17) is 19.3 Å². The van der Waals surface area contributed by atoms with Gasteiger partial charge in [-0.1, -0.05) is 0 Å². The maximum absolute atomic E-state index is 11.2. The second-order valence-electron chi connectivity index (χ2n) is 5.39. The molecule has 0 radical (unpaired) electrons. The number of aliphatic imine (C=N–C) groups is 1. The molecule has 0 amide bonds. The first-order valence-electron chi connectivity index (χ1n) is 7.42. The average Bonchev–Trinajstić information content (AvgIpc) is 2.94. The van der Waals surface area contributed by atoms with Crippen molar-refractivity contribution in [3.05, 3.63) is 18.0 Å². The van der Waals surface area contributed by atoms with E-state index in [2.05, 4.69) is 15.3 Å². The molecule has 3 N–H and O–H groups in total. The first kappa shape index (κ1) is 18.0. The Morgan fingerprint density at radius 2 is 2.12 bits per heavy atom. The number of methoxy groups -OCH3 is 1. The lowest BCUT2D eigenvalue weighted by molar-refractivity contribution is -0.141. The number of carboxylic acid groups (broad SMARTS) is 1. The Bertz CT molecular complexity index is 621. The summed E-state index contributed by atoms with van der Waals surface area (Å²) in [7, 11) is 1.60. The van der Waals surface area contributed by atoms with Crippen LogP contribution in [-0.4, -0.2) is 72.6 Å². The van der Waals surface area contributed by atoms with Crippen molar-refractivity contribution in [2.75, 3.05) is 40.1 Å². The average molecular weight is 339 g/mol. The monoisotopic (exact) mass is 339 g/mol. The molecule has 1 unspecified atom stereocenters. The first-order valence-corrected chi connectivity index (χ1v) is 7.42. The van der Waals surface area contributed by atoms with Gasteiger partial charge >= 0.3 is 5.97 Å². The Labute approximate surface area is 139 Å². The molecule has 9 nitrogen and oxygen atoms in total. The van der Waals surface area contributed by atoms with Gasteiger partial charge in [0.15, 0.2) is 11.4 Å². The topological polar surface area (TPSA) is 122 Å². The number of carboxylic acids is 1. The number of aromatic nitrogens is 1. The fraction of sp³-hybridized carbons (Fsp3) is 0.533. The van der Waals surface area contributed by atoms with E-state index in [0.717, 1.165) is 0 Å². The predicted molar refractivity (Wildman–Crippen MR) is 84.7 cm³/mol. The Hall–Kier alpha value is -2.39. The van der Waals surface area contributed by atoms with Gasteiger partial charge in [-0.3, -0.25) is 0 Å². The van der Waals surface area contributed by atoms with Crippen molar-refractivity contribution in [1.29, 1.82) is 0 Å². The third kappa shape index (κ3) is 4.33. The molecule has 2 rings (SSSR count). The van der Waals surface area contributed by atoms with Gasteiger partial charge in [-0.2, -0.15) is 0 Å². The van der Waals surface area contributed by atoms with Crippen molar-refractivity contribution in [2.45, 2.75) is 12.5 Å². The van der Waals surface area contributed by atoms with Gasteiger partial charge in [0.25, 0.3) is 0 Å². The van der Waals surface area contributed by atoms with Gasteiger partial charge < -0.3 is 29.7 Å². The quantitative estimate of drug-likeness (QED) is 0.538. The van der Waals surface area contributed by atoms with Crippen LogP contribution in [0, 0.1) is 0 Å². The number of aliphatic carboxylic acids is 1. The molecule has 1 atom stereocenters. The molecule has 0 bridgehead atoms. The van der Waals surface area contributed by atoms with Crippen LogP contribution in [0.25, 0.3) is 0 Å². The Balaban J connectivity index is 1.94. The number of amidine groups is 1. The fourth-order valence-corrected chi connectivity index (χ4v) is 2.00. The summed E-state index contributed by atoms with van der Waals surface area (Å²) in [6.45, 7) is 3.32. The van der Waals surface area contributed by atoms with Gasteiger partial charge in [-0.05, 0) is 6.92 Å². The maximum atomic E-state index is 11.2. The second-order valence-corrected chi connectivity index (χ2v) is 5.39. The number of aromatic hydroxyl groups is 1. The number of nitrogens with one attached hydrogen (secondary N) is 1. The van der Waals surface area contributed by atoms with E-state index < -0.39 is 11.5 Å².